The van der Waals surface area contributed by atoms with E-state index in [0.29, 0.717) is 36.0 Å². The zero-order valence-corrected chi connectivity index (χ0v) is 15.2. The number of benzene rings is 1. The lowest BCUT2D eigenvalue weighted by atomic mass is 10.1. The summed E-state index contributed by atoms with van der Waals surface area (Å²) in [4.78, 5) is 24.3. The summed E-state index contributed by atoms with van der Waals surface area (Å²) in [6, 6.07) is 9.28. The van der Waals surface area contributed by atoms with Crippen molar-refractivity contribution in [2.75, 3.05) is 20.3 Å². The summed E-state index contributed by atoms with van der Waals surface area (Å²) < 4.78 is 11.0. The van der Waals surface area contributed by atoms with E-state index in [4.69, 9.17) is 9.47 Å². The summed E-state index contributed by atoms with van der Waals surface area (Å²) >= 11 is 0. The molecule has 3 aromatic rings. The predicted octanol–water partition coefficient (Wildman–Crippen LogP) is 2.83. The van der Waals surface area contributed by atoms with Crippen molar-refractivity contribution in [1.29, 1.82) is 0 Å². The molecule has 1 aromatic carbocycles. The summed E-state index contributed by atoms with van der Waals surface area (Å²) in [7, 11) is 1.60. The van der Waals surface area contributed by atoms with E-state index in [2.05, 4.69) is 20.3 Å². The van der Waals surface area contributed by atoms with Crippen LogP contribution in [0.1, 0.15) is 23.0 Å². The number of nitrogens with zero attached hydrogens (tertiary/aromatic N) is 2. The van der Waals surface area contributed by atoms with E-state index in [1.54, 1.807) is 13.3 Å². The number of methoxy groups -OCH3 is 1. The highest BCUT2D eigenvalue weighted by Gasteiger charge is 2.20. The molecule has 0 radical (unpaired) electrons. The molecule has 1 amide bonds. The van der Waals surface area contributed by atoms with Crippen LogP contribution in [0.4, 0.5) is 0 Å². The van der Waals surface area contributed by atoms with Gasteiger partial charge >= 0.3 is 0 Å². The Hall–Kier alpha value is -3.35. The minimum Gasteiger partial charge on any atom is -0.493 e. The second-order valence-corrected chi connectivity index (χ2v) is 6.15. The van der Waals surface area contributed by atoms with Crippen LogP contribution in [0.2, 0.25) is 0 Å². The van der Waals surface area contributed by atoms with Gasteiger partial charge in [-0.05, 0) is 37.3 Å². The second kappa shape index (κ2) is 7.11. The second-order valence-electron chi connectivity index (χ2n) is 6.15. The number of carbonyl (C=O) groups is 1. The van der Waals surface area contributed by atoms with Gasteiger partial charge in [0.25, 0.3) is 5.91 Å². The van der Waals surface area contributed by atoms with Crippen LogP contribution in [0.15, 0.2) is 36.5 Å². The van der Waals surface area contributed by atoms with E-state index >= 15 is 0 Å². The normalized spacial score (nSPS) is 13.0. The van der Waals surface area contributed by atoms with E-state index in [9.17, 15) is 4.79 Å². The molecule has 0 saturated carbocycles. The third-order valence-corrected chi connectivity index (χ3v) is 4.46. The third-order valence-electron chi connectivity index (χ3n) is 4.46. The van der Waals surface area contributed by atoms with Crippen molar-refractivity contribution < 1.29 is 14.3 Å². The van der Waals surface area contributed by atoms with Crippen molar-refractivity contribution in [2.45, 2.75) is 13.3 Å². The maximum absolute atomic E-state index is 12.0. The number of ether oxygens (including phenoxy) is 2. The van der Waals surface area contributed by atoms with Crippen molar-refractivity contribution in [2.24, 2.45) is 0 Å². The number of amides is 1. The molecule has 2 N–H and O–H groups in total. The predicted molar refractivity (Wildman–Crippen MR) is 101 cm³/mol. The van der Waals surface area contributed by atoms with Crippen LogP contribution in [0, 0.1) is 0 Å². The van der Waals surface area contributed by atoms with Crippen molar-refractivity contribution in [3.05, 3.63) is 47.8 Å². The van der Waals surface area contributed by atoms with Crippen molar-refractivity contribution in [3.8, 4) is 34.3 Å². The summed E-state index contributed by atoms with van der Waals surface area (Å²) in [6.45, 7) is 3.13. The molecule has 4 rings (SSSR count). The topological polar surface area (TPSA) is 89.1 Å². The first kappa shape index (κ1) is 17.1. The number of aromatic amines is 1. The van der Waals surface area contributed by atoms with E-state index < -0.39 is 0 Å². The number of H-pyrrole nitrogens is 1. The van der Waals surface area contributed by atoms with Gasteiger partial charge in [-0.1, -0.05) is 0 Å². The van der Waals surface area contributed by atoms with Crippen molar-refractivity contribution in [1.82, 2.24) is 20.3 Å². The third kappa shape index (κ3) is 3.23. The van der Waals surface area contributed by atoms with Gasteiger partial charge in [0.15, 0.2) is 17.3 Å². The van der Waals surface area contributed by atoms with Crippen LogP contribution >= 0.6 is 0 Å². The molecule has 1 aliphatic rings. The molecule has 0 saturated heterocycles. The highest BCUT2D eigenvalue weighted by atomic mass is 16.5. The number of carbonyl (C=O) groups excluding carboxylic acids is 1. The number of aromatic nitrogens is 3. The number of rotatable bonds is 5. The summed E-state index contributed by atoms with van der Waals surface area (Å²) in [5.41, 5.74) is 3.98. The molecule has 0 spiro atoms. The van der Waals surface area contributed by atoms with Gasteiger partial charge in [-0.3, -0.25) is 4.79 Å². The Balaban J connectivity index is 1.70. The fourth-order valence-corrected chi connectivity index (χ4v) is 3.16. The van der Waals surface area contributed by atoms with E-state index in [1.165, 1.54) is 0 Å². The molecule has 0 unspecified atom stereocenters. The van der Waals surface area contributed by atoms with Crippen LogP contribution in [-0.2, 0) is 6.42 Å². The minimum absolute atomic E-state index is 0.0516. The molecular weight excluding hydrogens is 344 g/mol. The SMILES string of the molecule is CCOc1ccc(-c2nccc(-c3cc4c([nH]3)CCNC4=O)n2)cc1OC. The van der Waals surface area contributed by atoms with Gasteiger partial charge in [0.2, 0.25) is 0 Å². The van der Waals surface area contributed by atoms with Crippen LogP contribution in [-0.4, -0.2) is 41.1 Å². The zero-order valence-electron chi connectivity index (χ0n) is 15.2. The Kier molecular flexibility index (Phi) is 4.50. The molecule has 0 bridgehead atoms. The molecule has 1 aliphatic heterocycles. The van der Waals surface area contributed by atoms with Gasteiger partial charge in [-0.25, -0.2) is 9.97 Å². The maximum Gasteiger partial charge on any atom is 0.253 e. The molecule has 3 heterocycles. The summed E-state index contributed by atoms with van der Waals surface area (Å²) in [5, 5.41) is 2.85. The van der Waals surface area contributed by atoms with Crippen molar-refractivity contribution in [3.63, 3.8) is 0 Å². The van der Waals surface area contributed by atoms with Gasteiger partial charge in [0.1, 0.15) is 0 Å². The first-order valence-electron chi connectivity index (χ1n) is 8.84. The van der Waals surface area contributed by atoms with Crippen LogP contribution < -0.4 is 14.8 Å². The lowest BCUT2D eigenvalue weighted by Gasteiger charge is -2.11. The first-order valence-corrected chi connectivity index (χ1v) is 8.84. The molecule has 0 aliphatic carbocycles. The summed E-state index contributed by atoms with van der Waals surface area (Å²) in [5.74, 6) is 1.84. The Bertz CT molecular complexity index is 997. The lowest BCUT2D eigenvalue weighted by Crippen LogP contribution is -2.31. The maximum atomic E-state index is 12.0. The average Bonchev–Trinajstić information content (AvgIpc) is 3.14. The van der Waals surface area contributed by atoms with Gasteiger partial charge in [-0.15, -0.1) is 0 Å². The Morgan fingerprint density at radius 2 is 2.07 bits per heavy atom. The highest BCUT2D eigenvalue weighted by Crippen LogP contribution is 2.32. The Labute approximate surface area is 156 Å². The van der Waals surface area contributed by atoms with E-state index in [0.717, 1.165) is 29.1 Å². The number of fused-ring (bicyclic) bond motifs is 1. The zero-order chi connectivity index (χ0) is 18.8. The van der Waals surface area contributed by atoms with Crippen LogP contribution in [0.5, 0.6) is 11.5 Å². The van der Waals surface area contributed by atoms with E-state index in [-0.39, 0.29) is 5.91 Å². The molecular formula is C20H20N4O3. The van der Waals surface area contributed by atoms with Crippen molar-refractivity contribution >= 4 is 5.91 Å². The lowest BCUT2D eigenvalue weighted by molar-refractivity contribution is 0.0946. The monoisotopic (exact) mass is 364 g/mol. The van der Waals surface area contributed by atoms with Crippen LogP contribution in [0.3, 0.4) is 0 Å². The molecule has 7 nitrogen and oxygen atoms in total. The Morgan fingerprint density at radius 3 is 2.85 bits per heavy atom. The molecule has 7 heteroatoms. The number of nitrogens with one attached hydrogen (secondary N) is 2. The fourth-order valence-electron chi connectivity index (χ4n) is 3.16. The van der Waals surface area contributed by atoms with Gasteiger partial charge in [0.05, 0.1) is 30.7 Å². The largest absolute Gasteiger partial charge is 0.493 e. The molecule has 0 fully saturated rings. The molecule has 2 aromatic heterocycles. The Morgan fingerprint density at radius 1 is 1.19 bits per heavy atom. The van der Waals surface area contributed by atoms with Gasteiger partial charge < -0.3 is 19.8 Å². The fraction of sp³-hybridized carbons (Fsp3) is 0.250. The minimum atomic E-state index is -0.0516. The smallest absolute Gasteiger partial charge is 0.253 e. The summed E-state index contributed by atoms with van der Waals surface area (Å²) in [6.07, 6.45) is 2.50. The number of hydrogen-bond donors (Lipinski definition) is 2. The number of hydrogen-bond acceptors (Lipinski definition) is 5. The standard InChI is InChI=1S/C20H20N4O3/c1-3-27-17-5-4-12(10-18(17)26-2)19-21-8-7-15(24-19)16-11-13-14(23-16)6-9-22-20(13)25/h4-5,7-8,10-11,23H,3,6,9H2,1-2H3,(H,22,25). The quantitative estimate of drug-likeness (QED) is 0.727. The molecule has 138 valence electrons. The highest BCUT2D eigenvalue weighted by molar-refractivity contribution is 5.97. The van der Waals surface area contributed by atoms with Gasteiger partial charge in [-0.2, -0.15) is 0 Å². The molecule has 0 atom stereocenters. The first-order chi connectivity index (χ1) is 13.2. The van der Waals surface area contributed by atoms with E-state index in [1.807, 2.05) is 37.3 Å². The van der Waals surface area contributed by atoms with Gasteiger partial charge in [0, 0.05) is 30.4 Å². The molecule has 27 heavy (non-hydrogen) atoms. The average molecular weight is 364 g/mol. The van der Waals surface area contributed by atoms with Crippen LogP contribution in [0.25, 0.3) is 22.8 Å².